The Morgan fingerprint density at radius 2 is 0.891 bits per heavy atom. The number of fused-ring (bicyclic) bond motifs is 20. The van der Waals surface area contributed by atoms with Crippen LogP contribution in [-0.2, 0) is 10.8 Å². The molecule has 0 aliphatic heterocycles. The first kappa shape index (κ1) is 25.0. The Kier molecular flexibility index (Phi) is 4.63. The van der Waals surface area contributed by atoms with Crippen LogP contribution < -0.4 is 0 Å². The number of aryl methyl sites for hydroxylation is 1. The summed E-state index contributed by atoms with van der Waals surface area (Å²) in [5.41, 5.74) is 17.0. The lowest BCUT2D eigenvalue weighted by molar-refractivity contribution is 0.635. The molecule has 0 amide bonds. The first-order valence-corrected chi connectivity index (χ1v) is 17.0. The number of hydrogen-bond donors (Lipinski definition) is 0. The summed E-state index contributed by atoms with van der Waals surface area (Å²) in [6.45, 7) is 2.25. The van der Waals surface area contributed by atoms with Crippen molar-refractivity contribution in [3.8, 4) is 22.3 Å². The van der Waals surface area contributed by atoms with E-state index in [-0.39, 0.29) is 0 Å². The van der Waals surface area contributed by atoms with Gasteiger partial charge in [-0.2, -0.15) is 0 Å². The van der Waals surface area contributed by atoms with Gasteiger partial charge in [-0.1, -0.05) is 145 Å². The van der Waals surface area contributed by atoms with Crippen molar-refractivity contribution in [1.29, 1.82) is 0 Å². The van der Waals surface area contributed by atoms with E-state index in [1.165, 1.54) is 92.5 Å². The van der Waals surface area contributed by atoms with Gasteiger partial charge in [0.2, 0.25) is 0 Å². The van der Waals surface area contributed by atoms with E-state index in [2.05, 4.69) is 159 Å². The maximum absolute atomic E-state index is 2.48. The molecular formula is C45H28S. The summed E-state index contributed by atoms with van der Waals surface area (Å²) < 4.78 is 2.70. The molecule has 1 aromatic heterocycles. The predicted octanol–water partition coefficient (Wildman–Crippen LogP) is 11.4. The molecule has 214 valence electrons. The molecule has 0 nitrogen and oxygen atoms in total. The molecule has 0 N–H and O–H groups in total. The number of benzene rings is 7. The van der Waals surface area contributed by atoms with Crippen LogP contribution in [0, 0.1) is 6.92 Å². The highest BCUT2D eigenvalue weighted by molar-refractivity contribution is 7.25. The molecule has 11 rings (SSSR count). The molecule has 0 unspecified atom stereocenters. The summed E-state index contributed by atoms with van der Waals surface area (Å²) in [5, 5.41) is 2.76. The first-order chi connectivity index (χ1) is 22.7. The summed E-state index contributed by atoms with van der Waals surface area (Å²) in [6.07, 6.45) is 0. The summed E-state index contributed by atoms with van der Waals surface area (Å²) in [5.74, 6) is 0. The fourth-order valence-electron chi connectivity index (χ4n) is 9.71. The Morgan fingerprint density at radius 1 is 0.391 bits per heavy atom. The van der Waals surface area contributed by atoms with Gasteiger partial charge < -0.3 is 0 Å². The van der Waals surface area contributed by atoms with Crippen LogP contribution in [0.1, 0.15) is 50.1 Å². The van der Waals surface area contributed by atoms with E-state index < -0.39 is 10.8 Å². The van der Waals surface area contributed by atoms with Crippen LogP contribution >= 0.6 is 11.3 Å². The van der Waals surface area contributed by atoms with E-state index in [1.807, 2.05) is 11.3 Å². The monoisotopic (exact) mass is 600 g/mol. The van der Waals surface area contributed by atoms with E-state index in [9.17, 15) is 0 Å². The molecule has 2 spiro atoms. The molecule has 1 heterocycles. The van der Waals surface area contributed by atoms with E-state index in [0.29, 0.717) is 0 Å². The van der Waals surface area contributed by atoms with Crippen LogP contribution in [0.2, 0.25) is 0 Å². The van der Waals surface area contributed by atoms with Gasteiger partial charge in [0.1, 0.15) is 0 Å². The zero-order valence-corrected chi connectivity index (χ0v) is 26.2. The molecule has 7 aromatic carbocycles. The van der Waals surface area contributed by atoms with Gasteiger partial charge in [0.05, 0.1) is 10.8 Å². The Hall–Kier alpha value is -5.24. The van der Waals surface area contributed by atoms with Crippen molar-refractivity contribution >= 4 is 31.5 Å². The summed E-state index contributed by atoms with van der Waals surface area (Å²) in [6, 6.07) is 58.0. The zero-order valence-electron chi connectivity index (χ0n) is 25.3. The lowest BCUT2D eigenvalue weighted by Crippen LogP contribution is -2.43. The molecule has 1 heteroatoms. The topological polar surface area (TPSA) is 0 Å². The van der Waals surface area contributed by atoms with Crippen LogP contribution in [0.25, 0.3) is 42.4 Å². The predicted molar refractivity (Wildman–Crippen MR) is 192 cm³/mol. The number of hydrogen-bond acceptors (Lipinski definition) is 1. The third-order valence-electron chi connectivity index (χ3n) is 11.2. The van der Waals surface area contributed by atoms with Crippen molar-refractivity contribution in [3.05, 3.63) is 202 Å². The van der Waals surface area contributed by atoms with Gasteiger partial charge >= 0.3 is 0 Å². The lowest BCUT2D eigenvalue weighted by atomic mass is 9.52. The Morgan fingerprint density at radius 3 is 1.54 bits per heavy atom. The quantitative estimate of drug-likeness (QED) is 0.162. The maximum atomic E-state index is 2.48. The lowest BCUT2D eigenvalue weighted by Gasteiger charge is -2.49. The second kappa shape index (κ2) is 8.51. The Labute approximate surface area is 272 Å². The fraction of sp³-hybridized carbons (Fsp3) is 0.0667. The van der Waals surface area contributed by atoms with Crippen LogP contribution in [0.4, 0.5) is 0 Å². The van der Waals surface area contributed by atoms with E-state index in [4.69, 9.17) is 0 Å². The molecule has 3 aliphatic rings. The standard InChI is InChI=1S/C45H28S/c1-27-22-23-30-31-24-25-41-42(32-14-4-11-21-40(32)46-41)43(31)45(39(30)26-27)37-19-9-7-17-35(37)44(36-18-8-10-20-38(36)45)33-15-5-2-12-28(33)29-13-3-6-16-34(29)44/h2-26H,1H3. The van der Waals surface area contributed by atoms with Gasteiger partial charge in [0.25, 0.3) is 0 Å². The van der Waals surface area contributed by atoms with Gasteiger partial charge in [-0.15, -0.1) is 11.3 Å². The van der Waals surface area contributed by atoms with Crippen molar-refractivity contribution in [1.82, 2.24) is 0 Å². The van der Waals surface area contributed by atoms with Gasteiger partial charge in [0, 0.05) is 20.2 Å². The average Bonchev–Trinajstić information content (AvgIpc) is 3.73. The molecule has 46 heavy (non-hydrogen) atoms. The van der Waals surface area contributed by atoms with Gasteiger partial charge in [0.15, 0.2) is 0 Å². The smallest absolute Gasteiger partial charge is 0.0726 e. The largest absolute Gasteiger partial charge is 0.135 e. The highest BCUT2D eigenvalue weighted by Gasteiger charge is 2.59. The minimum absolute atomic E-state index is 0.414. The van der Waals surface area contributed by atoms with E-state index in [0.717, 1.165) is 0 Å². The normalized spacial score (nSPS) is 15.4. The van der Waals surface area contributed by atoms with Crippen molar-refractivity contribution in [2.45, 2.75) is 17.8 Å². The minimum Gasteiger partial charge on any atom is -0.135 e. The average molecular weight is 601 g/mol. The Balaban J connectivity index is 1.41. The second-order valence-corrected chi connectivity index (χ2v) is 14.3. The van der Waals surface area contributed by atoms with Crippen LogP contribution in [-0.4, -0.2) is 0 Å². The molecule has 3 aliphatic carbocycles. The van der Waals surface area contributed by atoms with Gasteiger partial charge in [-0.25, -0.2) is 0 Å². The number of rotatable bonds is 0. The van der Waals surface area contributed by atoms with Crippen LogP contribution in [0.3, 0.4) is 0 Å². The van der Waals surface area contributed by atoms with Crippen LogP contribution in [0.15, 0.2) is 152 Å². The highest BCUT2D eigenvalue weighted by atomic mass is 32.1. The molecule has 0 atom stereocenters. The van der Waals surface area contributed by atoms with Gasteiger partial charge in [-0.05, 0) is 85.8 Å². The van der Waals surface area contributed by atoms with Crippen LogP contribution in [0.5, 0.6) is 0 Å². The van der Waals surface area contributed by atoms with Crippen molar-refractivity contribution in [3.63, 3.8) is 0 Å². The van der Waals surface area contributed by atoms with E-state index in [1.54, 1.807) is 0 Å². The Bertz CT molecular complexity index is 2520. The number of thiophene rings is 1. The van der Waals surface area contributed by atoms with Crippen molar-refractivity contribution < 1.29 is 0 Å². The SMILES string of the molecule is Cc1ccc2c(c1)C1(c3ccccc3C3(c4ccccc4-c4ccccc43)c3ccccc31)c1c-2ccc2sc3ccccc3c12. The minimum atomic E-state index is -0.467. The summed E-state index contributed by atoms with van der Waals surface area (Å²) in [7, 11) is 0. The second-order valence-electron chi connectivity index (χ2n) is 13.2. The molecule has 0 fully saturated rings. The highest BCUT2D eigenvalue weighted by Crippen LogP contribution is 2.68. The van der Waals surface area contributed by atoms with E-state index >= 15 is 0 Å². The molecule has 0 bridgehead atoms. The third-order valence-corrected chi connectivity index (χ3v) is 12.3. The molecule has 0 saturated heterocycles. The maximum Gasteiger partial charge on any atom is 0.0726 e. The summed E-state index contributed by atoms with van der Waals surface area (Å²) in [4.78, 5) is 0. The fourth-order valence-corrected chi connectivity index (χ4v) is 10.8. The summed E-state index contributed by atoms with van der Waals surface area (Å²) >= 11 is 1.92. The van der Waals surface area contributed by atoms with Crippen molar-refractivity contribution in [2.24, 2.45) is 0 Å². The zero-order chi connectivity index (χ0) is 30.2. The first-order valence-electron chi connectivity index (χ1n) is 16.2. The molecule has 0 radical (unpaired) electrons. The molecule has 0 saturated carbocycles. The van der Waals surface area contributed by atoms with Gasteiger partial charge in [-0.3, -0.25) is 0 Å². The molecular weight excluding hydrogens is 573 g/mol. The molecule has 8 aromatic rings. The third kappa shape index (κ3) is 2.67. The van der Waals surface area contributed by atoms with Crippen molar-refractivity contribution in [2.75, 3.05) is 0 Å².